The lowest BCUT2D eigenvalue weighted by atomic mass is 10.0. The zero-order chi connectivity index (χ0) is 22.1. The molecular weight excluding hydrogens is 444 g/mol. The third kappa shape index (κ3) is 4.25. The van der Waals surface area contributed by atoms with Crippen molar-refractivity contribution in [2.24, 2.45) is 0 Å². The van der Waals surface area contributed by atoms with E-state index >= 15 is 0 Å². The summed E-state index contributed by atoms with van der Waals surface area (Å²) in [5, 5.41) is 9.16. The summed E-state index contributed by atoms with van der Waals surface area (Å²) < 4.78 is 5.38. The van der Waals surface area contributed by atoms with Gasteiger partial charge in [0.05, 0.1) is 16.2 Å². The van der Waals surface area contributed by atoms with Crippen LogP contribution in [0.15, 0.2) is 41.2 Å². The number of nitrogens with zero attached hydrogens (tertiary/aromatic N) is 5. The highest BCUT2D eigenvalue weighted by atomic mass is 35.5. The summed E-state index contributed by atoms with van der Waals surface area (Å²) in [4.78, 5) is 16.3. The molecule has 0 spiro atoms. The number of hydrogen-bond acceptors (Lipinski definition) is 8. The zero-order valence-corrected chi connectivity index (χ0v) is 19.5. The molecule has 0 atom stereocenters. The van der Waals surface area contributed by atoms with Gasteiger partial charge >= 0.3 is 0 Å². The molecule has 1 aliphatic heterocycles. The highest BCUT2D eigenvalue weighted by Gasteiger charge is 2.18. The molecule has 0 aliphatic carbocycles. The third-order valence-corrected chi connectivity index (χ3v) is 6.67. The number of pyridine rings is 1. The number of rotatable bonds is 5. The maximum absolute atomic E-state index is 6.12. The first-order valence-electron chi connectivity index (χ1n) is 10.5. The molecule has 9 heteroatoms. The van der Waals surface area contributed by atoms with Crippen molar-refractivity contribution < 1.29 is 4.52 Å². The van der Waals surface area contributed by atoms with Crippen LogP contribution < -0.4 is 10.2 Å². The Hall–Kier alpha value is -2.84. The largest absolute Gasteiger partial charge is 0.365 e. The lowest BCUT2D eigenvalue weighted by molar-refractivity contribution is 0.393. The Labute approximate surface area is 195 Å². The van der Waals surface area contributed by atoms with Crippen LogP contribution in [0.2, 0.25) is 5.02 Å². The first-order valence-corrected chi connectivity index (χ1v) is 12.0. The van der Waals surface area contributed by atoms with Gasteiger partial charge in [-0.3, -0.25) is 4.98 Å². The van der Waals surface area contributed by atoms with Gasteiger partial charge in [-0.25, -0.2) is 4.98 Å². The lowest BCUT2D eigenvalue weighted by Crippen LogP contribution is -2.34. The Balaban J connectivity index is 1.58. The number of nitrogens with one attached hydrogen (secondary N) is 1. The van der Waals surface area contributed by atoms with Crippen molar-refractivity contribution in [2.75, 3.05) is 34.8 Å². The molecule has 4 aromatic rings. The lowest BCUT2D eigenvalue weighted by Gasteiger charge is -2.27. The molecule has 1 N–H and O–H groups in total. The molecule has 164 valence electrons. The van der Waals surface area contributed by atoms with E-state index in [0.29, 0.717) is 11.6 Å². The SMILES string of the molecule is Cc1noc(C)c1-c1ccc2nc(N3CCSCC3)nc(NCc3cncc(Cl)c3)c2c1. The van der Waals surface area contributed by atoms with Crippen molar-refractivity contribution in [3.63, 3.8) is 0 Å². The van der Waals surface area contributed by atoms with Gasteiger partial charge in [-0.15, -0.1) is 0 Å². The first-order chi connectivity index (χ1) is 15.6. The van der Waals surface area contributed by atoms with E-state index in [1.54, 1.807) is 12.4 Å². The van der Waals surface area contributed by atoms with E-state index in [0.717, 1.165) is 75.4 Å². The van der Waals surface area contributed by atoms with E-state index in [2.05, 4.69) is 32.5 Å². The van der Waals surface area contributed by atoms with Gasteiger partial charge in [0.1, 0.15) is 11.6 Å². The van der Waals surface area contributed by atoms with Crippen molar-refractivity contribution in [3.8, 4) is 11.1 Å². The third-order valence-electron chi connectivity index (χ3n) is 5.52. The molecule has 0 amide bonds. The summed E-state index contributed by atoms with van der Waals surface area (Å²) >= 11 is 8.08. The summed E-state index contributed by atoms with van der Waals surface area (Å²) in [5.41, 5.74) is 4.79. The molecule has 1 aromatic carbocycles. The molecule has 1 saturated heterocycles. The van der Waals surface area contributed by atoms with Gasteiger partial charge < -0.3 is 14.7 Å². The Morgan fingerprint density at radius 1 is 1.12 bits per heavy atom. The molecule has 0 radical (unpaired) electrons. The van der Waals surface area contributed by atoms with Crippen LogP contribution >= 0.6 is 23.4 Å². The van der Waals surface area contributed by atoms with Gasteiger partial charge in [0.25, 0.3) is 0 Å². The van der Waals surface area contributed by atoms with Gasteiger partial charge in [-0.1, -0.05) is 22.8 Å². The summed E-state index contributed by atoms with van der Waals surface area (Å²) in [5.74, 6) is 4.52. The van der Waals surface area contributed by atoms with E-state index < -0.39 is 0 Å². The second-order valence-electron chi connectivity index (χ2n) is 7.77. The normalized spacial score (nSPS) is 14.2. The van der Waals surface area contributed by atoms with E-state index in [1.807, 2.05) is 37.7 Å². The molecule has 4 heterocycles. The van der Waals surface area contributed by atoms with Crippen LogP contribution in [0.5, 0.6) is 0 Å². The Bertz CT molecular complexity index is 1250. The summed E-state index contributed by atoms with van der Waals surface area (Å²) in [7, 11) is 0. The summed E-state index contributed by atoms with van der Waals surface area (Å²) in [6.07, 6.45) is 3.44. The standard InChI is InChI=1S/C23H23ClN6OS/c1-14-21(15(2)31-29-14)17-3-4-20-19(10-17)22(26-12-16-9-18(24)13-25-11-16)28-23(27-20)30-5-7-32-8-6-30/h3-4,9-11,13H,5-8,12H2,1-2H3,(H,26,27,28). The molecule has 0 bridgehead atoms. The van der Waals surface area contributed by atoms with Gasteiger partial charge in [-0.2, -0.15) is 16.7 Å². The Kier molecular flexibility index (Phi) is 5.89. The minimum atomic E-state index is 0.560. The first kappa shape index (κ1) is 21.0. The monoisotopic (exact) mass is 466 g/mol. The van der Waals surface area contributed by atoms with Gasteiger partial charge in [0, 0.05) is 54.5 Å². The average molecular weight is 467 g/mol. The van der Waals surface area contributed by atoms with Crippen LogP contribution in [-0.2, 0) is 6.54 Å². The predicted molar refractivity (Wildman–Crippen MR) is 131 cm³/mol. The van der Waals surface area contributed by atoms with Gasteiger partial charge in [0.2, 0.25) is 5.95 Å². The fourth-order valence-electron chi connectivity index (χ4n) is 3.94. The number of aryl methyl sites for hydroxylation is 2. The molecule has 1 aliphatic rings. The second-order valence-corrected chi connectivity index (χ2v) is 9.43. The molecule has 0 saturated carbocycles. The number of anilines is 2. The smallest absolute Gasteiger partial charge is 0.227 e. The quantitative estimate of drug-likeness (QED) is 0.434. The summed E-state index contributed by atoms with van der Waals surface area (Å²) in [6.45, 7) is 6.34. The Morgan fingerprint density at radius 3 is 2.72 bits per heavy atom. The van der Waals surface area contributed by atoms with Crippen molar-refractivity contribution >= 4 is 46.0 Å². The fraction of sp³-hybridized carbons (Fsp3) is 0.304. The zero-order valence-electron chi connectivity index (χ0n) is 17.9. The summed E-state index contributed by atoms with van der Waals surface area (Å²) in [6, 6.07) is 8.13. The number of halogens is 1. The minimum Gasteiger partial charge on any atom is -0.365 e. The van der Waals surface area contributed by atoms with Crippen molar-refractivity contribution in [3.05, 3.63) is 58.7 Å². The number of benzene rings is 1. The molecule has 7 nitrogen and oxygen atoms in total. The highest BCUT2D eigenvalue weighted by Crippen LogP contribution is 2.33. The van der Waals surface area contributed by atoms with Crippen molar-refractivity contribution in [1.82, 2.24) is 20.1 Å². The predicted octanol–water partition coefficient (Wildman–Crippen LogP) is 5.12. The minimum absolute atomic E-state index is 0.560. The molecule has 3 aromatic heterocycles. The molecule has 5 rings (SSSR count). The van der Waals surface area contributed by atoms with Crippen LogP contribution in [0.25, 0.3) is 22.0 Å². The fourth-order valence-corrected chi connectivity index (χ4v) is 5.04. The van der Waals surface area contributed by atoms with Crippen molar-refractivity contribution in [2.45, 2.75) is 20.4 Å². The average Bonchev–Trinajstić information content (AvgIpc) is 3.15. The van der Waals surface area contributed by atoms with Crippen LogP contribution in [0.1, 0.15) is 17.0 Å². The maximum atomic E-state index is 6.12. The van der Waals surface area contributed by atoms with Crippen LogP contribution in [0.4, 0.5) is 11.8 Å². The van der Waals surface area contributed by atoms with Crippen LogP contribution in [-0.4, -0.2) is 44.7 Å². The Morgan fingerprint density at radius 2 is 1.97 bits per heavy atom. The number of fused-ring (bicyclic) bond motifs is 1. The number of aromatic nitrogens is 4. The molecule has 32 heavy (non-hydrogen) atoms. The maximum Gasteiger partial charge on any atom is 0.227 e. The van der Waals surface area contributed by atoms with E-state index in [9.17, 15) is 0 Å². The van der Waals surface area contributed by atoms with E-state index in [-0.39, 0.29) is 0 Å². The topological polar surface area (TPSA) is 80.0 Å². The number of hydrogen-bond donors (Lipinski definition) is 1. The molecule has 0 unspecified atom stereocenters. The number of thioether (sulfide) groups is 1. The van der Waals surface area contributed by atoms with Crippen molar-refractivity contribution in [1.29, 1.82) is 0 Å². The second kappa shape index (κ2) is 8.96. The van der Waals surface area contributed by atoms with Crippen LogP contribution in [0, 0.1) is 13.8 Å². The highest BCUT2D eigenvalue weighted by molar-refractivity contribution is 7.99. The van der Waals surface area contributed by atoms with Crippen LogP contribution in [0.3, 0.4) is 0 Å². The van der Waals surface area contributed by atoms with E-state index in [4.69, 9.17) is 26.1 Å². The van der Waals surface area contributed by atoms with E-state index in [1.165, 1.54) is 0 Å². The van der Waals surface area contributed by atoms with Gasteiger partial charge in [0.15, 0.2) is 0 Å². The van der Waals surface area contributed by atoms with Gasteiger partial charge in [-0.05, 0) is 43.2 Å². The molecular formula is C23H23ClN6OS. The molecule has 1 fully saturated rings.